The molecule has 1 heterocycles. The Hall–Kier alpha value is -2.58. The van der Waals surface area contributed by atoms with Crippen LogP contribution in [0.3, 0.4) is 0 Å². The molecule has 2 aromatic rings. The van der Waals surface area contributed by atoms with E-state index in [1.54, 1.807) is 4.68 Å². The zero-order chi connectivity index (χ0) is 22.1. The van der Waals surface area contributed by atoms with E-state index >= 15 is 0 Å². The highest BCUT2D eigenvalue weighted by Gasteiger charge is 2.16. The van der Waals surface area contributed by atoms with E-state index < -0.39 is 6.10 Å². The zero-order valence-corrected chi connectivity index (χ0v) is 19.0. The molecule has 3 N–H and O–H groups in total. The lowest BCUT2D eigenvalue weighted by Crippen LogP contribution is -2.40. The van der Waals surface area contributed by atoms with E-state index in [0.717, 1.165) is 23.4 Å². The van der Waals surface area contributed by atoms with Gasteiger partial charge in [-0.3, -0.25) is 9.67 Å². The molecule has 0 fully saturated rings. The van der Waals surface area contributed by atoms with Crippen molar-refractivity contribution in [2.24, 2.45) is 12.0 Å². The first-order valence-electron chi connectivity index (χ1n) is 10.4. The molecule has 1 aromatic heterocycles. The van der Waals surface area contributed by atoms with Crippen molar-refractivity contribution < 1.29 is 9.84 Å². The predicted octanol–water partition coefficient (Wildman–Crippen LogP) is 2.10. The van der Waals surface area contributed by atoms with Crippen LogP contribution in [-0.4, -0.2) is 65.6 Å². The molecule has 0 amide bonds. The van der Waals surface area contributed by atoms with Gasteiger partial charge in [-0.1, -0.05) is 12.1 Å². The van der Waals surface area contributed by atoms with E-state index in [1.807, 2.05) is 78.6 Å². The smallest absolute Gasteiger partial charge is 0.191 e. The summed E-state index contributed by atoms with van der Waals surface area (Å²) in [5.74, 6) is 1.47. The van der Waals surface area contributed by atoms with Crippen LogP contribution in [0, 0.1) is 0 Å². The molecule has 0 saturated carbocycles. The first-order valence-corrected chi connectivity index (χ1v) is 10.4. The fraction of sp³-hybridized carbons (Fsp3) is 0.545. The number of benzene rings is 1. The maximum Gasteiger partial charge on any atom is 0.191 e. The molecule has 0 radical (unpaired) electrons. The Bertz CT molecular complexity index is 785. The van der Waals surface area contributed by atoms with Gasteiger partial charge in [-0.05, 0) is 52.6 Å². The molecule has 1 aromatic carbocycles. The van der Waals surface area contributed by atoms with Crippen LogP contribution in [0.4, 0.5) is 0 Å². The van der Waals surface area contributed by atoms with Crippen molar-refractivity contribution in [1.82, 2.24) is 25.3 Å². The van der Waals surface area contributed by atoms with Gasteiger partial charge < -0.3 is 25.4 Å². The minimum Gasteiger partial charge on any atom is -0.491 e. The van der Waals surface area contributed by atoms with Crippen molar-refractivity contribution in [3.8, 4) is 5.75 Å². The third-order valence-electron chi connectivity index (χ3n) is 4.60. The number of hydrogen-bond acceptors (Lipinski definition) is 5. The van der Waals surface area contributed by atoms with Gasteiger partial charge in [0.05, 0.1) is 31.0 Å². The van der Waals surface area contributed by atoms with Gasteiger partial charge >= 0.3 is 0 Å². The quantitative estimate of drug-likeness (QED) is 0.406. The van der Waals surface area contributed by atoms with Crippen LogP contribution >= 0.6 is 0 Å². The summed E-state index contributed by atoms with van der Waals surface area (Å²) < 4.78 is 7.45. The van der Waals surface area contributed by atoms with Gasteiger partial charge in [0.25, 0.3) is 0 Å². The van der Waals surface area contributed by atoms with Crippen molar-refractivity contribution in [2.45, 2.75) is 39.0 Å². The van der Waals surface area contributed by atoms with Crippen LogP contribution in [-0.2, 0) is 7.05 Å². The summed E-state index contributed by atoms with van der Waals surface area (Å²) in [6.07, 6.45) is 3.36. The second kappa shape index (κ2) is 11.6. The van der Waals surface area contributed by atoms with Gasteiger partial charge in [-0.15, -0.1) is 0 Å². The second-order valence-corrected chi connectivity index (χ2v) is 7.78. The Morgan fingerprint density at radius 1 is 1.20 bits per heavy atom. The highest BCUT2D eigenvalue weighted by molar-refractivity contribution is 5.79. The van der Waals surface area contributed by atoms with E-state index in [-0.39, 0.29) is 12.1 Å². The number of hydrogen-bond donors (Lipinski definition) is 3. The van der Waals surface area contributed by atoms with Crippen molar-refractivity contribution in [1.29, 1.82) is 0 Å². The summed E-state index contributed by atoms with van der Waals surface area (Å²) in [6, 6.07) is 7.66. The van der Waals surface area contributed by atoms with Crippen LogP contribution in [0.15, 0.2) is 41.7 Å². The number of aromatic nitrogens is 2. The Morgan fingerprint density at radius 2 is 1.90 bits per heavy atom. The molecular formula is C22H36N6O2. The summed E-state index contributed by atoms with van der Waals surface area (Å²) in [7, 11) is 5.97. The fourth-order valence-corrected chi connectivity index (χ4v) is 3.05. The van der Waals surface area contributed by atoms with Gasteiger partial charge in [0.15, 0.2) is 5.96 Å². The lowest BCUT2D eigenvalue weighted by Gasteiger charge is -2.22. The summed E-state index contributed by atoms with van der Waals surface area (Å²) in [6.45, 7) is 7.67. The molecular weight excluding hydrogens is 380 g/mol. The number of guanidine groups is 1. The van der Waals surface area contributed by atoms with Gasteiger partial charge in [-0.25, -0.2) is 0 Å². The standard InChI is InChI=1S/C22H36N6O2/c1-7-23-22(24-13-20(27(4)5)18-12-26-28(6)15-18)25-14-21(29)17-8-10-19(11-9-17)30-16(2)3/h8-12,15-16,20-21,29H,7,13-14H2,1-6H3,(H2,23,24,25). The zero-order valence-electron chi connectivity index (χ0n) is 19.0. The number of ether oxygens (including phenoxy) is 1. The minimum absolute atomic E-state index is 0.118. The normalized spacial score (nSPS) is 14.1. The number of rotatable bonds is 10. The topological polar surface area (TPSA) is 86.9 Å². The molecule has 2 atom stereocenters. The lowest BCUT2D eigenvalue weighted by molar-refractivity contribution is 0.180. The summed E-state index contributed by atoms with van der Waals surface area (Å²) in [5, 5.41) is 21.3. The maximum absolute atomic E-state index is 10.6. The van der Waals surface area contributed by atoms with E-state index in [1.165, 1.54) is 0 Å². The number of aliphatic hydroxyl groups excluding tert-OH is 1. The molecule has 166 valence electrons. The lowest BCUT2D eigenvalue weighted by atomic mass is 10.1. The Balaban J connectivity index is 1.98. The molecule has 8 nitrogen and oxygen atoms in total. The number of nitrogens with zero attached hydrogens (tertiary/aromatic N) is 4. The van der Waals surface area contributed by atoms with Gasteiger partial charge in [-0.2, -0.15) is 5.10 Å². The van der Waals surface area contributed by atoms with Crippen molar-refractivity contribution in [3.05, 3.63) is 47.8 Å². The fourth-order valence-electron chi connectivity index (χ4n) is 3.05. The number of nitrogens with one attached hydrogen (secondary N) is 2. The van der Waals surface area contributed by atoms with E-state index in [2.05, 4.69) is 20.6 Å². The van der Waals surface area contributed by atoms with E-state index in [0.29, 0.717) is 19.0 Å². The Kier molecular flexibility index (Phi) is 9.14. The van der Waals surface area contributed by atoms with Gasteiger partial charge in [0.2, 0.25) is 0 Å². The number of aliphatic imine (C=N–C) groups is 1. The highest BCUT2D eigenvalue weighted by Crippen LogP contribution is 2.19. The molecule has 0 bridgehead atoms. The maximum atomic E-state index is 10.6. The predicted molar refractivity (Wildman–Crippen MR) is 121 cm³/mol. The van der Waals surface area contributed by atoms with Crippen LogP contribution in [0.1, 0.15) is 44.0 Å². The van der Waals surface area contributed by atoms with Crippen molar-refractivity contribution in [3.63, 3.8) is 0 Å². The highest BCUT2D eigenvalue weighted by atomic mass is 16.5. The third-order valence-corrected chi connectivity index (χ3v) is 4.60. The first kappa shape index (κ1) is 23.7. The Morgan fingerprint density at radius 3 is 2.43 bits per heavy atom. The van der Waals surface area contributed by atoms with Crippen LogP contribution in [0.25, 0.3) is 0 Å². The number of aryl methyl sites for hydroxylation is 1. The molecule has 2 rings (SSSR count). The van der Waals surface area contributed by atoms with E-state index in [4.69, 9.17) is 9.73 Å². The number of likely N-dealkylation sites (N-methyl/N-ethyl adjacent to an activating group) is 1. The van der Waals surface area contributed by atoms with Crippen molar-refractivity contribution >= 4 is 5.96 Å². The summed E-state index contributed by atoms with van der Waals surface area (Å²) >= 11 is 0. The molecule has 0 aliphatic heterocycles. The summed E-state index contributed by atoms with van der Waals surface area (Å²) in [5.41, 5.74) is 1.95. The molecule has 0 aliphatic carbocycles. The second-order valence-electron chi connectivity index (χ2n) is 7.78. The molecule has 0 spiro atoms. The summed E-state index contributed by atoms with van der Waals surface area (Å²) in [4.78, 5) is 6.84. The molecule has 2 unspecified atom stereocenters. The first-order chi connectivity index (χ1) is 14.3. The van der Waals surface area contributed by atoms with E-state index in [9.17, 15) is 5.11 Å². The molecule has 8 heteroatoms. The van der Waals surface area contributed by atoms with Gasteiger partial charge in [0.1, 0.15) is 5.75 Å². The average molecular weight is 417 g/mol. The molecule has 30 heavy (non-hydrogen) atoms. The van der Waals surface area contributed by atoms with Crippen LogP contribution in [0.5, 0.6) is 5.75 Å². The molecule has 0 saturated heterocycles. The van der Waals surface area contributed by atoms with Gasteiger partial charge in [0, 0.05) is 31.9 Å². The van der Waals surface area contributed by atoms with Crippen molar-refractivity contribution in [2.75, 3.05) is 33.7 Å². The van der Waals surface area contributed by atoms with Crippen LogP contribution < -0.4 is 15.4 Å². The largest absolute Gasteiger partial charge is 0.491 e. The SMILES string of the molecule is CCNC(=NCC(c1cnn(C)c1)N(C)C)NCC(O)c1ccc(OC(C)C)cc1. The van der Waals surface area contributed by atoms with Crippen LogP contribution in [0.2, 0.25) is 0 Å². The third kappa shape index (κ3) is 7.35. The monoisotopic (exact) mass is 416 g/mol. The minimum atomic E-state index is -0.648. The average Bonchev–Trinajstić information content (AvgIpc) is 3.11. The Labute approximate surface area is 180 Å². The molecule has 0 aliphatic rings. The number of aliphatic hydroxyl groups is 1.